The number of carboxylic acid groups (broad SMARTS) is 1. The number of morpholine rings is 1. The molecule has 0 aromatic rings. The van der Waals surface area contributed by atoms with Gasteiger partial charge in [0.15, 0.2) is 0 Å². The van der Waals surface area contributed by atoms with Crippen LogP contribution in [0.4, 0.5) is 4.79 Å². The van der Waals surface area contributed by atoms with E-state index in [2.05, 4.69) is 0 Å². The van der Waals surface area contributed by atoms with E-state index < -0.39 is 17.1 Å². The van der Waals surface area contributed by atoms with Gasteiger partial charge in [0.25, 0.3) is 0 Å². The lowest BCUT2D eigenvalue weighted by Crippen LogP contribution is -2.60. The summed E-state index contributed by atoms with van der Waals surface area (Å²) < 4.78 is 5.79. The van der Waals surface area contributed by atoms with Crippen LogP contribution in [0.25, 0.3) is 0 Å². The zero-order valence-electron chi connectivity index (χ0n) is 12.7. The van der Waals surface area contributed by atoms with Gasteiger partial charge in [0.2, 0.25) is 0 Å². The lowest BCUT2D eigenvalue weighted by molar-refractivity contribution is -0.148. The minimum absolute atomic E-state index is 0.0404. The molecule has 2 atom stereocenters. The first-order valence-electron chi connectivity index (χ1n) is 7.13. The zero-order chi connectivity index (χ0) is 15.1. The average Bonchev–Trinajstić information content (AvgIpc) is 2.69. The molecule has 0 radical (unpaired) electrons. The van der Waals surface area contributed by atoms with Crippen molar-refractivity contribution in [1.82, 2.24) is 9.80 Å². The Labute approximate surface area is 119 Å². The van der Waals surface area contributed by atoms with Crippen molar-refractivity contribution < 1.29 is 19.4 Å². The van der Waals surface area contributed by atoms with Gasteiger partial charge in [-0.15, -0.1) is 0 Å². The standard InChI is InChI=1S/C14H24N2O4/c1-10-8-15(9-13(2,3)20-10)12(19)16-7-5-6-14(16,4)11(17)18/h10H,5-9H2,1-4H3,(H,17,18). The fraction of sp³-hybridized carbons (Fsp3) is 0.857. The number of carbonyl (C=O) groups excluding carboxylic acids is 1. The number of ether oxygens (including phenoxy) is 1. The second-order valence-electron chi connectivity index (χ2n) is 6.69. The lowest BCUT2D eigenvalue weighted by atomic mass is 9.99. The van der Waals surface area contributed by atoms with Gasteiger partial charge in [-0.25, -0.2) is 9.59 Å². The van der Waals surface area contributed by atoms with Crippen LogP contribution >= 0.6 is 0 Å². The number of hydrogen-bond acceptors (Lipinski definition) is 3. The summed E-state index contributed by atoms with van der Waals surface area (Å²) in [6.45, 7) is 8.97. The molecular formula is C14H24N2O4. The van der Waals surface area contributed by atoms with E-state index in [-0.39, 0.29) is 12.1 Å². The molecule has 2 fully saturated rings. The normalized spacial score (nSPS) is 33.3. The van der Waals surface area contributed by atoms with Crippen molar-refractivity contribution in [2.75, 3.05) is 19.6 Å². The molecule has 114 valence electrons. The zero-order valence-corrected chi connectivity index (χ0v) is 12.7. The molecule has 2 saturated heterocycles. The number of aliphatic carboxylic acids is 1. The van der Waals surface area contributed by atoms with Gasteiger partial charge in [0, 0.05) is 13.1 Å². The number of amides is 2. The summed E-state index contributed by atoms with van der Waals surface area (Å²) in [6, 6.07) is -0.185. The van der Waals surface area contributed by atoms with E-state index in [0.717, 1.165) is 6.42 Å². The molecule has 20 heavy (non-hydrogen) atoms. The van der Waals surface area contributed by atoms with Crippen LogP contribution in [0.2, 0.25) is 0 Å². The van der Waals surface area contributed by atoms with Crippen LogP contribution in [-0.4, -0.2) is 63.8 Å². The van der Waals surface area contributed by atoms with E-state index in [4.69, 9.17) is 4.74 Å². The van der Waals surface area contributed by atoms with Crippen molar-refractivity contribution in [2.45, 2.75) is 57.8 Å². The van der Waals surface area contributed by atoms with Crippen LogP contribution in [-0.2, 0) is 9.53 Å². The summed E-state index contributed by atoms with van der Waals surface area (Å²) in [6.07, 6.45) is 1.20. The highest BCUT2D eigenvalue weighted by atomic mass is 16.5. The molecule has 0 bridgehead atoms. The third kappa shape index (κ3) is 2.61. The maximum absolute atomic E-state index is 12.7. The maximum atomic E-state index is 12.7. The fourth-order valence-electron chi connectivity index (χ4n) is 3.26. The third-order valence-corrected chi connectivity index (χ3v) is 4.17. The number of likely N-dealkylation sites (tertiary alicyclic amines) is 1. The Hall–Kier alpha value is -1.30. The molecule has 0 aromatic carbocycles. The molecule has 0 saturated carbocycles. The van der Waals surface area contributed by atoms with Crippen LogP contribution in [0.5, 0.6) is 0 Å². The average molecular weight is 284 g/mol. The molecule has 2 amide bonds. The van der Waals surface area contributed by atoms with Gasteiger partial charge < -0.3 is 19.6 Å². The van der Waals surface area contributed by atoms with Crippen LogP contribution in [0.15, 0.2) is 0 Å². The van der Waals surface area contributed by atoms with Crippen molar-refractivity contribution in [2.24, 2.45) is 0 Å². The summed E-state index contributed by atoms with van der Waals surface area (Å²) in [4.78, 5) is 27.4. The van der Waals surface area contributed by atoms with Crippen LogP contribution in [0, 0.1) is 0 Å². The van der Waals surface area contributed by atoms with Gasteiger partial charge in [-0.1, -0.05) is 0 Å². The molecule has 2 heterocycles. The number of urea groups is 1. The molecule has 2 aliphatic heterocycles. The van der Waals surface area contributed by atoms with Crippen LogP contribution in [0.3, 0.4) is 0 Å². The van der Waals surface area contributed by atoms with Gasteiger partial charge in [-0.05, 0) is 40.5 Å². The number of hydrogen-bond donors (Lipinski definition) is 1. The van der Waals surface area contributed by atoms with Gasteiger partial charge in [-0.3, -0.25) is 0 Å². The van der Waals surface area contributed by atoms with Gasteiger partial charge in [0.1, 0.15) is 5.54 Å². The highest BCUT2D eigenvalue weighted by Gasteiger charge is 2.48. The molecule has 0 aromatic heterocycles. The Morgan fingerprint density at radius 2 is 1.95 bits per heavy atom. The second-order valence-corrected chi connectivity index (χ2v) is 6.69. The van der Waals surface area contributed by atoms with E-state index in [0.29, 0.717) is 26.1 Å². The summed E-state index contributed by atoms with van der Waals surface area (Å²) >= 11 is 0. The maximum Gasteiger partial charge on any atom is 0.329 e. The first kappa shape index (κ1) is 15.1. The van der Waals surface area contributed by atoms with E-state index >= 15 is 0 Å². The topological polar surface area (TPSA) is 70.1 Å². The summed E-state index contributed by atoms with van der Waals surface area (Å²) in [5.74, 6) is -0.927. The first-order chi connectivity index (χ1) is 9.16. The predicted molar refractivity (Wildman–Crippen MR) is 73.6 cm³/mol. The van der Waals surface area contributed by atoms with E-state index in [1.165, 1.54) is 4.90 Å². The fourth-order valence-corrected chi connectivity index (χ4v) is 3.26. The van der Waals surface area contributed by atoms with Crippen molar-refractivity contribution in [3.8, 4) is 0 Å². The molecule has 2 aliphatic rings. The van der Waals surface area contributed by atoms with Crippen molar-refractivity contribution in [3.05, 3.63) is 0 Å². The number of rotatable bonds is 1. The SMILES string of the molecule is CC1CN(C(=O)N2CCCC2(C)C(=O)O)CC(C)(C)O1. The Kier molecular flexibility index (Phi) is 3.71. The minimum atomic E-state index is -1.08. The molecule has 6 heteroatoms. The molecule has 2 unspecified atom stereocenters. The largest absolute Gasteiger partial charge is 0.480 e. The molecule has 0 aliphatic carbocycles. The van der Waals surface area contributed by atoms with Gasteiger partial charge in [-0.2, -0.15) is 0 Å². The number of nitrogens with zero attached hydrogens (tertiary/aromatic N) is 2. The second kappa shape index (κ2) is 4.91. The van der Waals surface area contributed by atoms with Crippen LogP contribution < -0.4 is 0 Å². The Morgan fingerprint density at radius 3 is 2.50 bits per heavy atom. The smallest absolute Gasteiger partial charge is 0.329 e. The predicted octanol–water partition coefficient (Wildman–Crippen LogP) is 1.54. The molecule has 1 N–H and O–H groups in total. The Bertz CT molecular complexity index is 423. The molecule has 6 nitrogen and oxygen atoms in total. The number of carbonyl (C=O) groups is 2. The molecule has 2 rings (SSSR count). The van der Waals surface area contributed by atoms with Gasteiger partial charge >= 0.3 is 12.0 Å². The van der Waals surface area contributed by atoms with Crippen LogP contribution in [0.1, 0.15) is 40.5 Å². The quantitative estimate of drug-likeness (QED) is 0.793. The monoisotopic (exact) mass is 284 g/mol. The Balaban J connectivity index is 2.17. The minimum Gasteiger partial charge on any atom is -0.480 e. The third-order valence-electron chi connectivity index (χ3n) is 4.17. The first-order valence-corrected chi connectivity index (χ1v) is 7.13. The number of carboxylic acids is 1. The van der Waals surface area contributed by atoms with E-state index in [9.17, 15) is 14.7 Å². The lowest BCUT2D eigenvalue weighted by Gasteiger charge is -2.44. The van der Waals surface area contributed by atoms with Crippen molar-refractivity contribution in [3.63, 3.8) is 0 Å². The Morgan fingerprint density at radius 1 is 1.30 bits per heavy atom. The van der Waals surface area contributed by atoms with Crippen molar-refractivity contribution >= 4 is 12.0 Å². The molecular weight excluding hydrogens is 260 g/mol. The highest BCUT2D eigenvalue weighted by molar-refractivity contribution is 5.86. The summed E-state index contributed by atoms with van der Waals surface area (Å²) in [5.41, 5.74) is -1.48. The van der Waals surface area contributed by atoms with Gasteiger partial charge in [0.05, 0.1) is 18.2 Å². The summed E-state index contributed by atoms with van der Waals surface area (Å²) in [5, 5.41) is 9.41. The van der Waals surface area contributed by atoms with Crippen molar-refractivity contribution in [1.29, 1.82) is 0 Å². The van der Waals surface area contributed by atoms with E-state index in [1.807, 2.05) is 20.8 Å². The van der Waals surface area contributed by atoms with E-state index in [1.54, 1.807) is 11.8 Å². The molecule has 0 spiro atoms. The summed E-state index contributed by atoms with van der Waals surface area (Å²) in [7, 11) is 0. The highest BCUT2D eigenvalue weighted by Crippen LogP contribution is 2.31.